The molecule has 0 atom stereocenters. The molecule has 0 unspecified atom stereocenters. The van der Waals surface area contributed by atoms with Gasteiger partial charge in [0.25, 0.3) is 0 Å². The highest BCUT2D eigenvalue weighted by Crippen LogP contribution is 2.24. The quantitative estimate of drug-likeness (QED) is 0.895. The summed E-state index contributed by atoms with van der Waals surface area (Å²) in [6, 6.07) is 12.4. The Bertz CT molecular complexity index is 844. The number of aromatic carboxylic acids is 1. The molecule has 1 heterocycles. The molecule has 0 bridgehead atoms. The van der Waals surface area contributed by atoms with E-state index in [1.165, 1.54) is 30.5 Å². The molecule has 0 spiro atoms. The fraction of sp³-hybridized carbons (Fsp3) is 0.111. The lowest BCUT2D eigenvalue weighted by Gasteiger charge is -2.15. The zero-order valence-corrected chi connectivity index (χ0v) is 12.9. The summed E-state index contributed by atoms with van der Waals surface area (Å²) in [6.45, 7) is -2.67. The standard InChI is InChI=1S/C18H13F2NO4/c19-18(20)25-14-6-4-11(5-7-14)15-9-24-10-16(21-15)12-2-1-3-13(8-12)17(22)23/h1-9,18H,10H2,(H,22,23). The molecule has 1 aliphatic heterocycles. The summed E-state index contributed by atoms with van der Waals surface area (Å²) in [5.74, 6) is -0.973. The van der Waals surface area contributed by atoms with Crippen molar-refractivity contribution in [3.8, 4) is 5.75 Å². The third-order valence-electron chi connectivity index (χ3n) is 3.49. The van der Waals surface area contributed by atoms with Gasteiger partial charge in [-0.15, -0.1) is 0 Å². The Morgan fingerprint density at radius 3 is 2.60 bits per heavy atom. The molecule has 5 nitrogen and oxygen atoms in total. The van der Waals surface area contributed by atoms with Gasteiger partial charge in [-0.25, -0.2) is 9.79 Å². The van der Waals surface area contributed by atoms with Crippen LogP contribution in [0.1, 0.15) is 21.5 Å². The monoisotopic (exact) mass is 345 g/mol. The molecule has 128 valence electrons. The van der Waals surface area contributed by atoms with Gasteiger partial charge in [-0.3, -0.25) is 0 Å². The predicted molar refractivity (Wildman–Crippen MR) is 86.9 cm³/mol. The predicted octanol–water partition coefficient (Wildman–Crippen LogP) is 3.80. The smallest absolute Gasteiger partial charge is 0.387 e. The van der Waals surface area contributed by atoms with Crippen LogP contribution < -0.4 is 4.74 Å². The van der Waals surface area contributed by atoms with E-state index < -0.39 is 12.6 Å². The highest BCUT2D eigenvalue weighted by molar-refractivity contribution is 6.06. The minimum absolute atomic E-state index is 0.0504. The number of carboxylic acids is 1. The number of halogens is 2. The van der Waals surface area contributed by atoms with E-state index in [0.717, 1.165) is 0 Å². The Hall–Kier alpha value is -3.22. The summed E-state index contributed by atoms with van der Waals surface area (Å²) >= 11 is 0. The summed E-state index contributed by atoms with van der Waals surface area (Å²) < 4.78 is 34.1. The molecule has 7 heteroatoms. The van der Waals surface area contributed by atoms with Crippen LogP contribution in [0.25, 0.3) is 5.70 Å². The Labute approximate surface area is 141 Å². The molecule has 1 aliphatic rings. The van der Waals surface area contributed by atoms with E-state index in [4.69, 9.17) is 9.84 Å². The van der Waals surface area contributed by atoms with Crippen LogP contribution in [0.4, 0.5) is 8.78 Å². The number of hydrogen-bond donors (Lipinski definition) is 1. The fourth-order valence-electron chi connectivity index (χ4n) is 2.32. The van der Waals surface area contributed by atoms with Crippen LogP contribution in [0.15, 0.2) is 59.8 Å². The lowest BCUT2D eigenvalue weighted by atomic mass is 10.1. The second kappa shape index (κ2) is 7.12. The maximum atomic E-state index is 12.2. The van der Waals surface area contributed by atoms with E-state index in [1.54, 1.807) is 24.3 Å². The molecule has 0 saturated heterocycles. The van der Waals surface area contributed by atoms with Gasteiger partial charge in [-0.1, -0.05) is 12.1 Å². The van der Waals surface area contributed by atoms with Crippen LogP contribution in [0.5, 0.6) is 5.75 Å². The SMILES string of the molecule is O=C(O)c1cccc(C2=NC(c3ccc(OC(F)F)cc3)=COC2)c1. The Morgan fingerprint density at radius 1 is 1.16 bits per heavy atom. The Balaban J connectivity index is 1.85. The van der Waals surface area contributed by atoms with Crippen molar-refractivity contribution in [3.63, 3.8) is 0 Å². The summed E-state index contributed by atoms with van der Waals surface area (Å²) in [5, 5.41) is 9.08. The third kappa shape index (κ3) is 4.00. The Kier molecular flexibility index (Phi) is 4.74. The molecule has 0 saturated carbocycles. The van der Waals surface area contributed by atoms with Crippen LogP contribution in [0.3, 0.4) is 0 Å². The molecule has 25 heavy (non-hydrogen) atoms. The van der Waals surface area contributed by atoms with Crippen LogP contribution in [0.2, 0.25) is 0 Å². The molecular formula is C18H13F2NO4. The van der Waals surface area contributed by atoms with Crippen LogP contribution in [-0.2, 0) is 4.74 Å². The van der Waals surface area contributed by atoms with Crippen LogP contribution in [0, 0.1) is 0 Å². The first-order valence-electron chi connectivity index (χ1n) is 7.31. The second-order valence-electron chi connectivity index (χ2n) is 5.16. The van der Waals surface area contributed by atoms with Crippen molar-refractivity contribution >= 4 is 17.4 Å². The first-order valence-corrected chi connectivity index (χ1v) is 7.31. The van der Waals surface area contributed by atoms with Crippen molar-refractivity contribution in [1.82, 2.24) is 0 Å². The minimum atomic E-state index is -2.88. The zero-order valence-electron chi connectivity index (χ0n) is 12.9. The average molecular weight is 345 g/mol. The van der Waals surface area contributed by atoms with Gasteiger partial charge < -0.3 is 14.6 Å². The lowest BCUT2D eigenvalue weighted by molar-refractivity contribution is -0.0498. The van der Waals surface area contributed by atoms with Gasteiger partial charge in [-0.2, -0.15) is 8.78 Å². The number of benzene rings is 2. The molecule has 0 fully saturated rings. The molecule has 2 aromatic rings. The minimum Gasteiger partial charge on any atom is -0.493 e. The number of nitrogens with zero attached hydrogens (tertiary/aromatic N) is 1. The van der Waals surface area contributed by atoms with E-state index in [0.29, 0.717) is 22.5 Å². The summed E-state index contributed by atoms with van der Waals surface area (Å²) in [4.78, 5) is 15.6. The van der Waals surface area contributed by atoms with Crippen molar-refractivity contribution < 1.29 is 28.2 Å². The largest absolute Gasteiger partial charge is 0.493 e. The molecule has 1 N–H and O–H groups in total. The first-order chi connectivity index (χ1) is 12.0. The lowest BCUT2D eigenvalue weighted by Crippen LogP contribution is -2.13. The van der Waals surface area contributed by atoms with Crippen LogP contribution in [-0.4, -0.2) is 30.0 Å². The molecule has 2 aromatic carbocycles. The second-order valence-corrected chi connectivity index (χ2v) is 5.16. The van der Waals surface area contributed by atoms with E-state index in [-0.39, 0.29) is 17.9 Å². The fourth-order valence-corrected chi connectivity index (χ4v) is 2.32. The number of alkyl halides is 2. The van der Waals surface area contributed by atoms with Crippen molar-refractivity contribution in [2.45, 2.75) is 6.61 Å². The summed E-state index contributed by atoms with van der Waals surface area (Å²) in [7, 11) is 0. The van der Waals surface area contributed by atoms with Gasteiger partial charge in [0, 0.05) is 11.1 Å². The third-order valence-corrected chi connectivity index (χ3v) is 3.49. The molecule has 0 aliphatic carbocycles. The van der Waals surface area contributed by atoms with Gasteiger partial charge in [0.15, 0.2) is 0 Å². The number of hydrogen-bond acceptors (Lipinski definition) is 4. The maximum Gasteiger partial charge on any atom is 0.387 e. The molecule has 0 radical (unpaired) electrons. The topological polar surface area (TPSA) is 68.1 Å². The van der Waals surface area contributed by atoms with Gasteiger partial charge in [0.05, 0.1) is 11.3 Å². The van der Waals surface area contributed by atoms with Crippen molar-refractivity contribution in [2.75, 3.05) is 6.61 Å². The van der Waals surface area contributed by atoms with Crippen molar-refractivity contribution in [1.29, 1.82) is 0 Å². The Morgan fingerprint density at radius 2 is 1.92 bits per heavy atom. The highest BCUT2D eigenvalue weighted by atomic mass is 19.3. The summed E-state index contributed by atoms with van der Waals surface area (Å²) in [5.41, 5.74) is 2.54. The van der Waals surface area contributed by atoms with Gasteiger partial charge in [-0.05, 0) is 36.4 Å². The van der Waals surface area contributed by atoms with E-state index in [1.807, 2.05) is 0 Å². The van der Waals surface area contributed by atoms with Gasteiger partial charge >= 0.3 is 12.6 Å². The molecule has 0 amide bonds. The van der Waals surface area contributed by atoms with Gasteiger partial charge in [0.1, 0.15) is 24.3 Å². The van der Waals surface area contributed by atoms with Gasteiger partial charge in [0.2, 0.25) is 0 Å². The number of ether oxygens (including phenoxy) is 2. The molecular weight excluding hydrogens is 332 g/mol. The van der Waals surface area contributed by atoms with E-state index >= 15 is 0 Å². The number of rotatable bonds is 5. The maximum absolute atomic E-state index is 12.2. The average Bonchev–Trinajstić information content (AvgIpc) is 2.62. The number of carboxylic acid groups (broad SMARTS) is 1. The number of aliphatic imine (C=N–C) groups is 1. The number of carbonyl (C=O) groups is 1. The van der Waals surface area contributed by atoms with E-state index in [2.05, 4.69) is 9.73 Å². The first kappa shape index (κ1) is 16.6. The van der Waals surface area contributed by atoms with Crippen LogP contribution >= 0.6 is 0 Å². The molecule has 0 aromatic heterocycles. The van der Waals surface area contributed by atoms with E-state index in [9.17, 15) is 13.6 Å². The van der Waals surface area contributed by atoms with Crippen molar-refractivity contribution in [3.05, 3.63) is 71.5 Å². The zero-order chi connectivity index (χ0) is 17.8. The highest BCUT2D eigenvalue weighted by Gasteiger charge is 2.14. The summed E-state index contributed by atoms with van der Waals surface area (Å²) in [6.07, 6.45) is 1.47. The van der Waals surface area contributed by atoms with Crippen molar-refractivity contribution in [2.24, 2.45) is 4.99 Å². The molecule has 3 rings (SSSR count). The normalized spacial score (nSPS) is 13.7.